The highest BCUT2D eigenvalue weighted by atomic mass is 35.5. The number of esters is 1. The molecular weight excluding hydrogens is 474 g/mol. The molecule has 1 aromatic heterocycles. The van der Waals surface area contributed by atoms with E-state index in [0.29, 0.717) is 38.5 Å². The first-order valence-corrected chi connectivity index (χ1v) is 10.7. The Balaban J connectivity index is 1.95. The minimum absolute atomic E-state index is 0.299. The molecule has 0 aliphatic carbocycles. The van der Waals surface area contributed by atoms with Gasteiger partial charge in [-0.1, -0.05) is 23.8 Å². The summed E-state index contributed by atoms with van der Waals surface area (Å²) in [6.45, 7) is -0.150. The van der Waals surface area contributed by atoms with Crippen molar-refractivity contribution in [3.8, 4) is 5.75 Å². The summed E-state index contributed by atoms with van der Waals surface area (Å²) in [7, 11) is 1.49. The quantitative estimate of drug-likeness (QED) is 0.347. The van der Waals surface area contributed by atoms with Crippen LogP contribution in [0.15, 0.2) is 42.5 Å². The molecular formula is C23H21ClF2N2O4S. The van der Waals surface area contributed by atoms with Crippen LogP contribution in [0.2, 0.25) is 5.02 Å². The molecule has 0 aliphatic heterocycles. The lowest BCUT2D eigenvalue weighted by Gasteiger charge is -2.16. The van der Waals surface area contributed by atoms with Gasteiger partial charge in [0, 0.05) is 21.7 Å². The summed E-state index contributed by atoms with van der Waals surface area (Å²) in [5.74, 6) is -3.93. The second-order valence-electron chi connectivity index (χ2n) is 7.29. The zero-order valence-electron chi connectivity index (χ0n) is 17.9. The van der Waals surface area contributed by atoms with Gasteiger partial charge in [-0.15, -0.1) is 0 Å². The number of thiocarbonyl (C=S) groups is 1. The number of hydrogen-bond donors (Lipinski definition) is 1. The highest BCUT2D eigenvalue weighted by molar-refractivity contribution is 7.78. The molecule has 0 atom stereocenters. The zero-order chi connectivity index (χ0) is 24.2. The molecule has 0 saturated carbocycles. The molecule has 10 heteroatoms. The second-order valence-corrected chi connectivity index (χ2v) is 7.96. The molecule has 174 valence electrons. The molecule has 0 bridgehead atoms. The highest BCUT2D eigenvalue weighted by Gasteiger charge is 2.31. The van der Waals surface area contributed by atoms with Gasteiger partial charge >= 0.3 is 5.97 Å². The van der Waals surface area contributed by atoms with Crippen LogP contribution < -0.4 is 10.1 Å². The van der Waals surface area contributed by atoms with Crippen LogP contribution in [0.25, 0.3) is 10.9 Å². The third kappa shape index (κ3) is 5.66. The molecule has 2 aromatic carbocycles. The van der Waals surface area contributed by atoms with E-state index >= 15 is 0 Å². The topological polar surface area (TPSA) is 69.6 Å². The van der Waals surface area contributed by atoms with Crippen molar-refractivity contribution >= 4 is 52.1 Å². The van der Waals surface area contributed by atoms with E-state index in [0.717, 1.165) is 5.49 Å². The number of nitrogens with one attached hydrogen (secondary N) is 1. The van der Waals surface area contributed by atoms with Gasteiger partial charge in [-0.3, -0.25) is 14.2 Å². The van der Waals surface area contributed by atoms with Crippen LogP contribution in [-0.4, -0.2) is 48.1 Å². The number of benzene rings is 2. The third-order valence-electron chi connectivity index (χ3n) is 5.05. The molecule has 3 rings (SSSR count). The van der Waals surface area contributed by atoms with Crippen molar-refractivity contribution in [2.45, 2.75) is 19.3 Å². The summed E-state index contributed by atoms with van der Waals surface area (Å²) in [5, 5.41) is 3.30. The molecule has 0 aliphatic rings. The van der Waals surface area contributed by atoms with Crippen LogP contribution in [0, 0.1) is 6.92 Å². The Bertz CT molecular complexity index is 1200. The molecule has 33 heavy (non-hydrogen) atoms. The first-order valence-electron chi connectivity index (χ1n) is 9.85. The average molecular weight is 495 g/mol. The van der Waals surface area contributed by atoms with Crippen LogP contribution >= 0.6 is 23.8 Å². The number of ether oxygens (including phenoxy) is 2. The number of carbonyl (C=O) groups excluding carboxylic acids is 2. The first-order chi connectivity index (χ1) is 15.7. The molecule has 0 spiro atoms. The van der Waals surface area contributed by atoms with E-state index in [1.807, 2.05) is 0 Å². The van der Waals surface area contributed by atoms with Crippen molar-refractivity contribution in [3.05, 3.63) is 64.3 Å². The highest BCUT2D eigenvalue weighted by Crippen LogP contribution is 2.31. The van der Waals surface area contributed by atoms with Gasteiger partial charge in [0.05, 0.1) is 31.1 Å². The lowest BCUT2D eigenvalue weighted by molar-refractivity contribution is -0.153. The van der Waals surface area contributed by atoms with Crippen molar-refractivity contribution in [2.75, 3.05) is 20.3 Å². The summed E-state index contributed by atoms with van der Waals surface area (Å²) in [6, 6.07) is 11.5. The Morgan fingerprint density at radius 1 is 1.21 bits per heavy atom. The van der Waals surface area contributed by atoms with Gasteiger partial charge in [0.2, 0.25) is 0 Å². The van der Waals surface area contributed by atoms with E-state index in [2.05, 4.69) is 17.5 Å². The van der Waals surface area contributed by atoms with Gasteiger partial charge in [-0.05, 0) is 55.0 Å². The van der Waals surface area contributed by atoms with Gasteiger partial charge in [0.15, 0.2) is 6.61 Å². The minimum Gasteiger partial charge on any atom is -0.497 e. The second kappa shape index (κ2) is 10.3. The first kappa shape index (κ1) is 24.6. The van der Waals surface area contributed by atoms with Crippen LogP contribution in [0.5, 0.6) is 5.75 Å². The number of hydrogen-bond acceptors (Lipinski definition) is 5. The van der Waals surface area contributed by atoms with Crippen LogP contribution in [0.1, 0.15) is 21.6 Å². The predicted octanol–water partition coefficient (Wildman–Crippen LogP) is 4.57. The number of alkyl halides is 2. The van der Waals surface area contributed by atoms with Crippen LogP contribution in [0.3, 0.4) is 0 Å². The summed E-state index contributed by atoms with van der Waals surface area (Å²) in [5.41, 5.74) is 2.89. The van der Waals surface area contributed by atoms with Gasteiger partial charge in [-0.2, -0.15) is 0 Å². The van der Waals surface area contributed by atoms with Crippen molar-refractivity contribution in [1.29, 1.82) is 0 Å². The fourth-order valence-electron chi connectivity index (χ4n) is 3.42. The Morgan fingerprint density at radius 3 is 2.55 bits per heavy atom. The number of halogens is 3. The molecule has 0 fully saturated rings. The van der Waals surface area contributed by atoms with Gasteiger partial charge in [0.1, 0.15) is 5.75 Å². The molecule has 3 aromatic rings. The molecule has 0 amide bonds. The lowest BCUT2D eigenvalue weighted by Crippen LogP contribution is -2.36. The standard InChI is InChI=1S/C23H21ClF2N2O4S/c1-14-18(10-21(29)32-12-23(25,26)11-27-13-33)19-9-17(31-2)7-8-20(19)28(14)22(30)15-3-5-16(24)6-4-15/h3-9,13H,10-12H2,1-2H3,(H,27,33). The van der Waals surface area contributed by atoms with E-state index in [1.54, 1.807) is 49.4 Å². The number of rotatable bonds is 9. The SMILES string of the molecule is COc1ccc2c(c1)c(CC(=O)OCC(F)(F)CNC=S)c(C)n2C(=O)c1ccc(Cl)cc1. The number of aromatic nitrogens is 1. The van der Waals surface area contributed by atoms with E-state index in [4.69, 9.17) is 21.1 Å². The average Bonchev–Trinajstić information content (AvgIpc) is 3.07. The van der Waals surface area contributed by atoms with Gasteiger partial charge < -0.3 is 14.8 Å². The molecule has 6 nitrogen and oxygen atoms in total. The summed E-state index contributed by atoms with van der Waals surface area (Å²) in [4.78, 5) is 25.7. The largest absolute Gasteiger partial charge is 0.497 e. The molecule has 1 heterocycles. The summed E-state index contributed by atoms with van der Waals surface area (Å²) in [6.07, 6.45) is -0.299. The number of methoxy groups -OCH3 is 1. The lowest BCUT2D eigenvalue weighted by atomic mass is 10.1. The Hall–Kier alpha value is -3.04. The fourth-order valence-corrected chi connectivity index (χ4v) is 3.63. The zero-order valence-corrected chi connectivity index (χ0v) is 19.4. The maximum Gasteiger partial charge on any atom is 0.310 e. The monoisotopic (exact) mass is 494 g/mol. The maximum atomic E-state index is 13.8. The van der Waals surface area contributed by atoms with Crippen molar-refractivity contribution in [2.24, 2.45) is 0 Å². The van der Waals surface area contributed by atoms with Crippen molar-refractivity contribution < 1.29 is 27.8 Å². The maximum absolute atomic E-state index is 13.8. The number of nitrogens with zero attached hydrogens (tertiary/aromatic N) is 1. The summed E-state index contributed by atoms with van der Waals surface area (Å²) >= 11 is 10.4. The smallest absolute Gasteiger partial charge is 0.310 e. The number of carbonyl (C=O) groups is 2. The van der Waals surface area contributed by atoms with E-state index in [1.165, 1.54) is 11.7 Å². The number of fused-ring (bicyclic) bond motifs is 1. The van der Waals surface area contributed by atoms with Gasteiger partial charge in [-0.25, -0.2) is 8.78 Å². The van der Waals surface area contributed by atoms with E-state index in [9.17, 15) is 18.4 Å². The van der Waals surface area contributed by atoms with E-state index < -0.39 is 25.0 Å². The third-order valence-corrected chi connectivity index (χ3v) is 5.46. The van der Waals surface area contributed by atoms with Crippen LogP contribution in [-0.2, 0) is 16.0 Å². The summed E-state index contributed by atoms with van der Waals surface area (Å²) < 4.78 is 39.1. The molecule has 0 saturated heterocycles. The normalized spacial score (nSPS) is 11.3. The predicted molar refractivity (Wildman–Crippen MR) is 126 cm³/mol. The Kier molecular flexibility index (Phi) is 7.65. The Labute approximate surface area is 199 Å². The fraction of sp³-hybridized carbons (Fsp3) is 0.261. The molecule has 1 N–H and O–H groups in total. The Morgan fingerprint density at radius 2 is 1.91 bits per heavy atom. The van der Waals surface area contributed by atoms with E-state index in [-0.39, 0.29) is 12.3 Å². The van der Waals surface area contributed by atoms with Crippen molar-refractivity contribution in [3.63, 3.8) is 0 Å². The van der Waals surface area contributed by atoms with Crippen molar-refractivity contribution in [1.82, 2.24) is 9.88 Å². The molecule has 0 unspecified atom stereocenters. The van der Waals surface area contributed by atoms with Gasteiger partial charge in [0.25, 0.3) is 11.8 Å². The molecule has 0 radical (unpaired) electrons. The minimum atomic E-state index is -3.28. The van der Waals surface area contributed by atoms with Crippen LogP contribution in [0.4, 0.5) is 8.78 Å².